The Morgan fingerprint density at radius 1 is 1.45 bits per heavy atom. The van der Waals surface area contributed by atoms with E-state index in [0.29, 0.717) is 6.42 Å². The Labute approximate surface area is 119 Å². The van der Waals surface area contributed by atoms with Crippen LogP contribution in [0.25, 0.3) is 0 Å². The van der Waals surface area contributed by atoms with Crippen LogP contribution in [-0.4, -0.2) is 25.7 Å². The fourth-order valence-corrected chi connectivity index (χ4v) is 3.33. The Kier molecular flexibility index (Phi) is 5.12. The molecule has 1 atom stereocenters. The van der Waals surface area contributed by atoms with Gasteiger partial charge in [0.05, 0.1) is 11.3 Å². The molecule has 7 heteroatoms. The molecule has 114 valence electrons. The first-order valence-corrected chi connectivity index (χ1v) is 7.79. The lowest BCUT2D eigenvalue weighted by Gasteiger charge is -2.25. The SMILES string of the molecule is CC(C)CC(C)(O)CNS(=O)(=O)c1cccc(F)c1N. The number of halogens is 1. The lowest BCUT2D eigenvalue weighted by atomic mass is 9.95. The summed E-state index contributed by atoms with van der Waals surface area (Å²) in [6.45, 7) is 5.23. The molecule has 5 nitrogen and oxygen atoms in total. The lowest BCUT2D eigenvalue weighted by Crippen LogP contribution is -2.41. The van der Waals surface area contributed by atoms with E-state index in [0.717, 1.165) is 6.07 Å². The molecule has 0 fully saturated rings. The first-order chi connectivity index (χ1) is 9.05. The van der Waals surface area contributed by atoms with Crippen molar-refractivity contribution in [3.8, 4) is 0 Å². The topological polar surface area (TPSA) is 92.4 Å². The minimum absolute atomic E-state index is 0.163. The highest BCUT2D eigenvalue weighted by atomic mass is 32.2. The number of nitrogens with two attached hydrogens (primary N) is 1. The van der Waals surface area contributed by atoms with Crippen LogP contribution in [0.5, 0.6) is 0 Å². The van der Waals surface area contributed by atoms with Gasteiger partial charge in [0.25, 0.3) is 0 Å². The van der Waals surface area contributed by atoms with Gasteiger partial charge in [0.2, 0.25) is 10.0 Å². The molecule has 0 amide bonds. The molecule has 1 aromatic rings. The number of nitrogens with one attached hydrogen (secondary N) is 1. The second-order valence-electron chi connectivity index (χ2n) is 5.57. The average molecular weight is 304 g/mol. The zero-order valence-electron chi connectivity index (χ0n) is 11.9. The molecule has 20 heavy (non-hydrogen) atoms. The molecule has 0 aliphatic carbocycles. The lowest BCUT2D eigenvalue weighted by molar-refractivity contribution is 0.0437. The highest BCUT2D eigenvalue weighted by Crippen LogP contribution is 2.22. The zero-order valence-corrected chi connectivity index (χ0v) is 12.7. The van der Waals surface area contributed by atoms with Crippen LogP contribution in [0.3, 0.4) is 0 Å². The maximum Gasteiger partial charge on any atom is 0.242 e. The molecule has 0 radical (unpaired) electrons. The minimum atomic E-state index is -3.96. The van der Waals surface area contributed by atoms with Crippen molar-refractivity contribution in [2.45, 2.75) is 37.7 Å². The van der Waals surface area contributed by atoms with Gasteiger partial charge in [0.15, 0.2) is 0 Å². The van der Waals surface area contributed by atoms with Gasteiger partial charge in [-0.05, 0) is 31.4 Å². The van der Waals surface area contributed by atoms with Crippen LogP contribution in [0.4, 0.5) is 10.1 Å². The number of anilines is 1. The van der Waals surface area contributed by atoms with Crippen LogP contribution in [0, 0.1) is 11.7 Å². The molecule has 4 N–H and O–H groups in total. The quantitative estimate of drug-likeness (QED) is 0.694. The number of aliphatic hydroxyl groups is 1. The van der Waals surface area contributed by atoms with Gasteiger partial charge in [-0.3, -0.25) is 0 Å². The predicted octanol–water partition coefficient (Wildman–Crippen LogP) is 1.48. The number of hydrogen-bond donors (Lipinski definition) is 3. The van der Waals surface area contributed by atoms with E-state index in [1.807, 2.05) is 13.8 Å². The fraction of sp³-hybridized carbons (Fsp3) is 0.538. The van der Waals surface area contributed by atoms with E-state index < -0.39 is 27.1 Å². The van der Waals surface area contributed by atoms with Gasteiger partial charge in [0, 0.05) is 6.54 Å². The van der Waals surface area contributed by atoms with E-state index in [1.54, 1.807) is 6.92 Å². The van der Waals surface area contributed by atoms with E-state index in [9.17, 15) is 17.9 Å². The molecule has 0 saturated heterocycles. The third-order valence-electron chi connectivity index (χ3n) is 2.79. The molecule has 0 aromatic heterocycles. The van der Waals surface area contributed by atoms with Crippen LogP contribution in [0.15, 0.2) is 23.1 Å². The van der Waals surface area contributed by atoms with Gasteiger partial charge in [0.1, 0.15) is 10.7 Å². The van der Waals surface area contributed by atoms with Crippen LogP contribution >= 0.6 is 0 Å². The Morgan fingerprint density at radius 3 is 2.60 bits per heavy atom. The zero-order chi connectivity index (χ0) is 15.6. The number of benzene rings is 1. The molecule has 0 spiro atoms. The molecule has 0 aliphatic rings. The van der Waals surface area contributed by atoms with Crippen molar-refractivity contribution in [3.63, 3.8) is 0 Å². The Hall–Kier alpha value is -1.18. The van der Waals surface area contributed by atoms with E-state index in [2.05, 4.69) is 4.72 Å². The Balaban J connectivity index is 2.89. The fourth-order valence-electron chi connectivity index (χ4n) is 2.03. The summed E-state index contributed by atoms with van der Waals surface area (Å²) in [6.07, 6.45) is 0.439. The summed E-state index contributed by atoms with van der Waals surface area (Å²) in [6, 6.07) is 3.58. The normalized spacial score (nSPS) is 15.3. The van der Waals surface area contributed by atoms with Crippen molar-refractivity contribution >= 4 is 15.7 Å². The first-order valence-electron chi connectivity index (χ1n) is 6.31. The van der Waals surface area contributed by atoms with Crippen molar-refractivity contribution in [2.75, 3.05) is 12.3 Å². The summed E-state index contributed by atoms with van der Waals surface area (Å²) < 4.78 is 39.7. The smallest absolute Gasteiger partial charge is 0.242 e. The summed E-state index contributed by atoms with van der Waals surface area (Å²) in [5, 5.41) is 10.1. The van der Waals surface area contributed by atoms with Gasteiger partial charge >= 0.3 is 0 Å². The predicted molar refractivity (Wildman–Crippen MR) is 76.1 cm³/mol. The first kappa shape index (κ1) is 16.9. The Morgan fingerprint density at radius 2 is 2.05 bits per heavy atom. The van der Waals surface area contributed by atoms with Gasteiger partial charge in [-0.25, -0.2) is 17.5 Å². The number of nitrogen functional groups attached to an aromatic ring is 1. The number of hydrogen-bond acceptors (Lipinski definition) is 4. The van der Waals surface area contributed by atoms with Crippen LogP contribution < -0.4 is 10.5 Å². The van der Waals surface area contributed by atoms with E-state index >= 15 is 0 Å². The summed E-state index contributed by atoms with van der Waals surface area (Å²) in [4.78, 5) is -0.321. The van der Waals surface area contributed by atoms with Crippen molar-refractivity contribution in [1.82, 2.24) is 4.72 Å². The summed E-state index contributed by atoms with van der Waals surface area (Å²) in [5.74, 6) is -0.574. The molecule has 1 unspecified atom stereocenters. The van der Waals surface area contributed by atoms with Gasteiger partial charge in [-0.15, -0.1) is 0 Å². The standard InChI is InChI=1S/C13H21FN2O3S/c1-9(2)7-13(3,17)8-16-20(18,19)11-6-4-5-10(14)12(11)15/h4-6,9,16-17H,7-8,15H2,1-3H3. The van der Waals surface area contributed by atoms with Crippen LogP contribution in [0.1, 0.15) is 27.2 Å². The maximum atomic E-state index is 13.3. The molecule has 0 saturated carbocycles. The van der Waals surface area contributed by atoms with Crippen molar-refractivity contribution in [2.24, 2.45) is 5.92 Å². The average Bonchev–Trinajstić information content (AvgIpc) is 2.29. The highest BCUT2D eigenvalue weighted by molar-refractivity contribution is 7.89. The minimum Gasteiger partial charge on any atom is -0.395 e. The molecule has 1 rings (SSSR count). The number of rotatable bonds is 6. The molecular formula is C13H21FN2O3S. The van der Waals surface area contributed by atoms with Crippen LogP contribution in [0.2, 0.25) is 0 Å². The number of sulfonamides is 1. The van der Waals surface area contributed by atoms with Crippen LogP contribution in [-0.2, 0) is 10.0 Å². The van der Waals surface area contributed by atoms with Gasteiger partial charge < -0.3 is 10.8 Å². The van der Waals surface area contributed by atoms with E-state index in [1.165, 1.54) is 12.1 Å². The highest BCUT2D eigenvalue weighted by Gasteiger charge is 2.26. The summed E-state index contributed by atoms with van der Waals surface area (Å²) in [5.41, 5.74) is 3.83. The maximum absolute atomic E-state index is 13.3. The molecular weight excluding hydrogens is 283 g/mol. The van der Waals surface area contributed by atoms with Crippen molar-refractivity contribution in [1.29, 1.82) is 0 Å². The second-order valence-corrected chi connectivity index (χ2v) is 7.31. The number of para-hydroxylation sites is 1. The molecule has 0 bridgehead atoms. The van der Waals surface area contributed by atoms with Gasteiger partial charge in [-0.2, -0.15) is 0 Å². The monoisotopic (exact) mass is 304 g/mol. The second kappa shape index (κ2) is 6.07. The third kappa shape index (κ3) is 4.43. The van der Waals surface area contributed by atoms with Gasteiger partial charge in [-0.1, -0.05) is 19.9 Å². The summed E-state index contributed by atoms with van der Waals surface area (Å²) >= 11 is 0. The van der Waals surface area contributed by atoms with Crippen molar-refractivity contribution in [3.05, 3.63) is 24.0 Å². The molecule has 1 aromatic carbocycles. The third-order valence-corrected chi connectivity index (χ3v) is 4.25. The van der Waals surface area contributed by atoms with Crippen molar-refractivity contribution < 1.29 is 17.9 Å². The van der Waals surface area contributed by atoms with E-state index in [4.69, 9.17) is 5.73 Å². The molecule has 0 aliphatic heterocycles. The van der Waals surface area contributed by atoms with E-state index in [-0.39, 0.29) is 17.4 Å². The largest absolute Gasteiger partial charge is 0.395 e. The Bertz CT molecular complexity index is 571. The summed E-state index contributed by atoms with van der Waals surface area (Å²) in [7, 11) is -3.96. The molecule has 0 heterocycles.